The fourth-order valence-electron chi connectivity index (χ4n) is 2.82. The lowest BCUT2D eigenvalue weighted by Crippen LogP contribution is -2.41. The predicted octanol–water partition coefficient (Wildman–Crippen LogP) is 1.18. The molecule has 1 amide bonds. The molecule has 0 radical (unpaired) electrons. The van der Waals surface area contributed by atoms with Gasteiger partial charge in [0.1, 0.15) is 0 Å². The molecule has 0 aromatic carbocycles. The Hall–Kier alpha value is -0.320. The first-order chi connectivity index (χ1) is 8.72. The number of rotatable bonds is 3. The van der Waals surface area contributed by atoms with E-state index in [1.54, 1.807) is 0 Å². The van der Waals surface area contributed by atoms with Crippen molar-refractivity contribution in [1.29, 1.82) is 0 Å². The van der Waals surface area contributed by atoms with Crippen molar-refractivity contribution in [3.63, 3.8) is 0 Å². The van der Waals surface area contributed by atoms with E-state index in [1.807, 2.05) is 11.8 Å². The van der Waals surface area contributed by atoms with Gasteiger partial charge >= 0.3 is 0 Å². The van der Waals surface area contributed by atoms with Crippen LogP contribution in [0, 0.1) is 5.92 Å². The predicted molar refractivity (Wildman–Crippen MR) is 71.9 cm³/mol. The van der Waals surface area contributed by atoms with E-state index in [-0.39, 0.29) is 17.9 Å². The van der Waals surface area contributed by atoms with E-state index in [1.165, 1.54) is 0 Å². The molecule has 2 aliphatic rings. The van der Waals surface area contributed by atoms with Gasteiger partial charge in [-0.25, -0.2) is 0 Å². The molecule has 0 aliphatic carbocycles. The Balaban J connectivity index is 1.87. The van der Waals surface area contributed by atoms with Crippen molar-refractivity contribution in [2.24, 2.45) is 5.92 Å². The summed E-state index contributed by atoms with van der Waals surface area (Å²) in [7, 11) is 0. The molecule has 2 heterocycles. The number of hydrogen-bond donors (Lipinski definition) is 0. The first-order valence-corrected chi connectivity index (χ1v) is 7.44. The highest BCUT2D eigenvalue weighted by molar-refractivity contribution is 6.18. The van der Waals surface area contributed by atoms with Crippen LogP contribution in [0.2, 0.25) is 0 Å². The van der Waals surface area contributed by atoms with Crippen LogP contribution in [0.3, 0.4) is 0 Å². The van der Waals surface area contributed by atoms with Crippen LogP contribution in [0.25, 0.3) is 0 Å². The normalized spacial score (nSPS) is 30.4. The Morgan fingerprint density at radius 2 is 2.17 bits per heavy atom. The van der Waals surface area contributed by atoms with Crippen LogP contribution in [-0.4, -0.2) is 67.0 Å². The molecule has 5 heteroatoms. The van der Waals surface area contributed by atoms with E-state index < -0.39 is 0 Å². The molecule has 4 nitrogen and oxygen atoms in total. The molecule has 18 heavy (non-hydrogen) atoms. The van der Waals surface area contributed by atoms with Crippen molar-refractivity contribution in [2.75, 3.05) is 45.2 Å². The van der Waals surface area contributed by atoms with Crippen molar-refractivity contribution < 1.29 is 9.53 Å². The Morgan fingerprint density at radius 3 is 2.83 bits per heavy atom. The molecule has 104 valence electrons. The third kappa shape index (κ3) is 3.37. The van der Waals surface area contributed by atoms with Crippen LogP contribution < -0.4 is 0 Å². The molecular weight excluding hydrogens is 252 g/mol. The third-order valence-corrected chi connectivity index (χ3v) is 4.16. The van der Waals surface area contributed by atoms with Crippen LogP contribution in [0.5, 0.6) is 0 Å². The summed E-state index contributed by atoms with van der Waals surface area (Å²) in [5.74, 6) is 1.03. The minimum absolute atomic E-state index is 0.0737. The molecule has 0 spiro atoms. The fourth-order valence-corrected chi connectivity index (χ4v) is 3.06. The molecule has 0 aromatic rings. The average Bonchev–Trinajstić information content (AvgIpc) is 2.64. The zero-order chi connectivity index (χ0) is 13.0. The summed E-state index contributed by atoms with van der Waals surface area (Å²) in [5.41, 5.74) is 0. The van der Waals surface area contributed by atoms with Gasteiger partial charge in [0.2, 0.25) is 5.91 Å². The minimum atomic E-state index is 0.0737. The quantitative estimate of drug-likeness (QED) is 0.725. The van der Waals surface area contributed by atoms with Gasteiger partial charge in [0, 0.05) is 38.7 Å². The number of halogens is 1. The SMILES string of the molecule is CC1OCCC1C(=O)N1CCCN(CCCl)CC1. The molecule has 2 fully saturated rings. The number of carbonyl (C=O) groups excluding carboxylic acids is 1. The molecule has 2 unspecified atom stereocenters. The molecule has 2 rings (SSSR count). The van der Waals surface area contributed by atoms with Crippen LogP contribution in [0.4, 0.5) is 0 Å². The summed E-state index contributed by atoms with van der Waals surface area (Å²) in [5, 5.41) is 0. The van der Waals surface area contributed by atoms with Gasteiger partial charge in [0.05, 0.1) is 12.0 Å². The summed E-state index contributed by atoms with van der Waals surface area (Å²) in [6.45, 7) is 7.36. The Bertz CT molecular complexity index is 288. The number of nitrogens with zero attached hydrogens (tertiary/aromatic N) is 2. The maximum Gasteiger partial charge on any atom is 0.228 e. The first kappa shape index (κ1) is 14.1. The summed E-state index contributed by atoms with van der Waals surface area (Å²) in [6.07, 6.45) is 2.01. The number of carbonyl (C=O) groups is 1. The molecule has 0 bridgehead atoms. The third-order valence-electron chi connectivity index (χ3n) is 3.99. The molecule has 2 aliphatic heterocycles. The van der Waals surface area contributed by atoms with Crippen LogP contribution in [-0.2, 0) is 9.53 Å². The maximum absolute atomic E-state index is 12.4. The van der Waals surface area contributed by atoms with Crippen molar-refractivity contribution in [1.82, 2.24) is 9.80 Å². The summed E-state index contributed by atoms with van der Waals surface area (Å²) in [6, 6.07) is 0. The second kappa shape index (κ2) is 6.73. The van der Waals surface area contributed by atoms with Gasteiger partial charge in [0.15, 0.2) is 0 Å². The van der Waals surface area contributed by atoms with E-state index in [9.17, 15) is 4.79 Å². The topological polar surface area (TPSA) is 32.8 Å². The Morgan fingerprint density at radius 1 is 1.33 bits per heavy atom. The van der Waals surface area contributed by atoms with E-state index >= 15 is 0 Å². The monoisotopic (exact) mass is 274 g/mol. The molecule has 0 aromatic heterocycles. The van der Waals surface area contributed by atoms with Gasteiger partial charge in [-0.15, -0.1) is 11.6 Å². The highest BCUT2D eigenvalue weighted by Crippen LogP contribution is 2.23. The van der Waals surface area contributed by atoms with E-state index in [4.69, 9.17) is 16.3 Å². The minimum Gasteiger partial charge on any atom is -0.378 e. The second-order valence-electron chi connectivity index (χ2n) is 5.18. The second-order valence-corrected chi connectivity index (χ2v) is 5.56. The zero-order valence-corrected chi connectivity index (χ0v) is 11.9. The lowest BCUT2D eigenvalue weighted by molar-refractivity contribution is -0.136. The van der Waals surface area contributed by atoms with Gasteiger partial charge in [-0.3, -0.25) is 4.79 Å². The van der Waals surface area contributed by atoms with Crippen LogP contribution >= 0.6 is 11.6 Å². The maximum atomic E-state index is 12.4. The summed E-state index contributed by atoms with van der Waals surface area (Å²) < 4.78 is 5.49. The van der Waals surface area contributed by atoms with Gasteiger partial charge in [-0.2, -0.15) is 0 Å². The molecular formula is C13H23ClN2O2. The smallest absolute Gasteiger partial charge is 0.228 e. The van der Waals surface area contributed by atoms with Gasteiger partial charge in [0.25, 0.3) is 0 Å². The molecule has 2 saturated heterocycles. The van der Waals surface area contributed by atoms with Gasteiger partial charge in [-0.05, 0) is 26.3 Å². The zero-order valence-electron chi connectivity index (χ0n) is 11.1. The molecule has 2 atom stereocenters. The largest absolute Gasteiger partial charge is 0.378 e. The average molecular weight is 275 g/mol. The molecule has 0 N–H and O–H groups in total. The van der Waals surface area contributed by atoms with Crippen molar-refractivity contribution in [3.05, 3.63) is 0 Å². The standard InChI is InChI=1S/C13H23ClN2O2/c1-11-12(3-10-18-11)13(17)16-6-2-5-15(7-4-14)8-9-16/h11-12H,2-10H2,1H3. The van der Waals surface area contributed by atoms with E-state index in [0.29, 0.717) is 5.88 Å². The molecule has 0 saturated carbocycles. The van der Waals surface area contributed by atoms with Crippen LogP contribution in [0.1, 0.15) is 19.8 Å². The number of alkyl halides is 1. The lowest BCUT2D eigenvalue weighted by atomic mass is 10.0. The fraction of sp³-hybridized carbons (Fsp3) is 0.923. The van der Waals surface area contributed by atoms with Crippen LogP contribution in [0.15, 0.2) is 0 Å². The highest BCUT2D eigenvalue weighted by atomic mass is 35.5. The number of amides is 1. The number of hydrogen-bond acceptors (Lipinski definition) is 3. The highest BCUT2D eigenvalue weighted by Gasteiger charge is 2.34. The van der Waals surface area contributed by atoms with Gasteiger partial charge in [-0.1, -0.05) is 0 Å². The Labute approximate surface area is 114 Å². The van der Waals surface area contributed by atoms with Crippen molar-refractivity contribution in [2.45, 2.75) is 25.9 Å². The summed E-state index contributed by atoms with van der Waals surface area (Å²) >= 11 is 5.77. The van der Waals surface area contributed by atoms with Gasteiger partial charge < -0.3 is 14.5 Å². The van der Waals surface area contributed by atoms with Crippen molar-refractivity contribution in [3.8, 4) is 0 Å². The first-order valence-electron chi connectivity index (χ1n) is 6.91. The van der Waals surface area contributed by atoms with E-state index in [0.717, 1.165) is 52.2 Å². The number of ether oxygens (including phenoxy) is 1. The van der Waals surface area contributed by atoms with Crippen molar-refractivity contribution >= 4 is 17.5 Å². The lowest BCUT2D eigenvalue weighted by Gasteiger charge is -2.25. The Kier molecular flexibility index (Phi) is 5.27. The van der Waals surface area contributed by atoms with E-state index in [2.05, 4.69) is 4.90 Å². The summed E-state index contributed by atoms with van der Waals surface area (Å²) in [4.78, 5) is 16.8.